The molecule has 0 amide bonds. The Morgan fingerprint density at radius 1 is 1.38 bits per heavy atom. The van der Waals surface area contributed by atoms with Crippen LogP contribution in [0.5, 0.6) is 0 Å². The number of aromatic amines is 1. The van der Waals surface area contributed by atoms with Crippen LogP contribution in [0.25, 0.3) is 0 Å². The molecule has 21 heavy (non-hydrogen) atoms. The number of nitrogens with one attached hydrogen (secondary N) is 3. The van der Waals surface area contributed by atoms with Crippen molar-refractivity contribution >= 4 is 21.4 Å². The number of hydrogen-bond acceptors (Lipinski definition) is 6. The summed E-state index contributed by atoms with van der Waals surface area (Å²) in [5.41, 5.74) is 0. The molecule has 7 nitrogen and oxygen atoms in total. The molecule has 1 saturated carbocycles. The minimum atomic E-state index is -3.48. The standard InChI is InChI=1S/C12H17N5O2S2/c18-21(19,16-7-11-14-8-15-17-11)12-4-3-10(20-12)5-6-13-9-1-2-9/h3-4,8-9,13,16H,1-2,5-7H2,(H,14,15,17). The van der Waals surface area contributed by atoms with E-state index in [1.165, 1.54) is 30.5 Å². The Bertz CT molecular complexity index is 676. The summed E-state index contributed by atoms with van der Waals surface area (Å²) in [5.74, 6) is 0.490. The molecule has 0 unspecified atom stereocenters. The van der Waals surface area contributed by atoms with Gasteiger partial charge in [0.25, 0.3) is 0 Å². The average Bonchev–Trinajstić information content (AvgIpc) is 2.94. The molecule has 3 rings (SSSR count). The SMILES string of the molecule is O=S(=O)(NCc1ncn[nH]1)c1ccc(CCNC2CC2)s1. The van der Waals surface area contributed by atoms with Crippen molar-refractivity contribution in [3.05, 3.63) is 29.2 Å². The van der Waals surface area contributed by atoms with Crippen LogP contribution in [0.3, 0.4) is 0 Å². The second-order valence-corrected chi connectivity index (χ2v) is 8.12. The summed E-state index contributed by atoms with van der Waals surface area (Å²) in [7, 11) is -3.48. The van der Waals surface area contributed by atoms with Crippen LogP contribution >= 0.6 is 11.3 Å². The predicted octanol–water partition coefficient (Wildman–Crippen LogP) is 0.639. The van der Waals surface area contributed by atoms with E-state index in [9.17, 15) is 8.42 Å². The summed E-state index contributed by atoms with van der Waals surface area (Å²) < 4.78 is 27.2. The van der Waals surface area contributed by atoms with Gasteiger partial charge in [0, 0.05) is 17.5 Å². The van der Waals surface area contributed by atoms with E-state index < -0.39 is 10.0 Å². The molecule has 0 aromatic carbocycles. The van der Waals surface area contributed by atoms with Crippen molar-refractivity contribution in [2.24, 2.45) is 0 Å². The molecule has 0 spiro atoms. The van der Waals surface area contributed by atoms with Gasteiger partial charge in [-0.15, -0.1) is 11.3 Å². The van der Waals surface area contributed by atoms with Crippen LogP contribution in [0.1, 0.15) is 23.5 Å². The topological polar surface area (TPSA) is 99.8 Å². The second-order valence-electron chi connectivity index (χ2n) is 4.96. The molecule has 0 saturated heterocycles. The molecule has 0 radical (unpaired) electrons. The zero-order valence-electron chi connectivity index (χ0n) is 11.4. The lowest BCUT2D eigenvalue weighted by molar-refractivity contribution is 0.581. The van der Waals surface area contributed by atoms with E-state index in [4.69, 9.17) is 0 Å². The lowest BCUT2D eigenvalue weighted by atomic mass is 10.3. The summed E-state index contributed by atoms with van der Waals surface area (Å²) in [5, 5.41) is 9.71. The zero-order chi connectivity index (χ0) is 14.7. The van der Waals surface area contributed by atoms with Crippen molar-refractivity contribution in [3.63, 3.8) is 0 Å². The second kappa shape index (κ2) is 6.22. The fourth-order valence-electron chi connectivity index (χ4n) is 1.87. The summed E-state index contributed by atoms with van der Waals surface area (Å²) in [6, 6.07) is 4.21. The van der Waals surface area contributed by atoms with Crippen molar-refractivity contribution < 1.29 is 8.42 Å². The van der Waals surface area contributed by atoms with Crippen molar-refractivity contribution in [1.29, 1.82) is 0 Å². The molecular weight excluding hydrogens is 310 g/mol. The Morgan fingerprint density at radius 3 is 2.95 bits per heavy atom. The summed E-state index contributed by atoms with van der Waals surface area (Å²) in [6.45, 7) is 1.01. The largest absolute Gasteiger partial charge is 0.314 e. The molecule has 9 heteroatoms. The molecule has 2 heterocycles. The third-order valence-corrected chi connectivity index (χ3v) is 6.22. The summed E-state index contributed by atoms with van der Waals surface area (Å²) in [4.78, 5) is 4.96. The molecule has 2 aromatic rings. The highest BCUT2D eigenvalue weighted by molar-refractivity contribution is 7.91. The third kappa shape index (κ3) is 4.10. The van der Waals surface area contributed by atoms with E-state index in [-0.39, 0.29) is 6.54 Å². The number of aromatic nitrogens is 3. The van der Waals surface area contributed by atoms with E-state index >= 15 is 0 Å². The number of hydrogen-bond donors (Lipinski definition) is 3. The first kappa shape index (κ1) is 14.6. The summed E-state index contributed by atoms with van der Waals surface area (Å²) in [6.07, 6.45) is 4.73. The van der Waals surface area contributed by atoms with Crippen molar-refractivity contribution in [3.8, 4) is 0 Å². The van der Waals surface area contributed by atoms with Crippen LogP contribution in [0.15, 0.2) is 22.7 Å². The first-order chi connectivity index (χ1) is 10.1. The van der Waals surface area contributed by atoms with Gasteiger partial charge in [-0.25, -0.2) is 18.1 Å². The molecule has 0 aliphatic heterocycles. The molecular formula is C12H17N5O2S2. The van der Waals surface area contributed by atoms with Crippen LogP contribution < -0.4 is 10.0 Å². The molecule has 2 aromatic heterocycles. The predicted molar refractivity (Wildman–Crippen MR) is 79.5 cm³/mol. The van der Waals surface area contributed by atoms with Crippen LogP contribution in [-0.2, 0) is 23.0 Å². The highest BCUT2D eigenvalue weighted by Gasteiger charge is 2.20. The van der Waals surface area contributed by atoms with E-state index in [0.29, 0.717) is 16.1 Å². The van der Waals surface area contributed by atoms with Gasteiger partial charge >= 0.3 is 0 Å². The van der Waals surface area contributed by atoms with Crippen molar-refractivity contribution in [1.82, 2.24) is 25.2 Å². The zero-order valence-corrected chi connectivity index (χ0v) is 13.0. The van der Waals surface area contributed by atoms with Gasteiger partial charge in [-0.3, -0.25) is 5.10 Å². The van der Waals surface area contributed by atoms with Crippen LogP contribution in [0, 0.1) is 0 Å². The number of thiophene rings is 1. The number of H-pyrrole nitrogens is 1. The first-order valence-electron chi connectivity index (χ1n) is 6.79. The Morgan fingerprint density at radius 2 is 2.24 bits per heavy atom. The van der Waals surface area contributed by atoms with Gasteiger partial charge in [-0.1, -0.05) is 0 Å². The highest BCUT2D eigenvalue weighted by Crippen LogP contribution is 2.23. The fourth-order valence-corrected chi connectivity index (χ4v) is 4.26. The van der Waals surface area contributed by atoms with Gasteiger partial charge in [-0.05, 0) is 31.4 Å². The van der Waals surface area contributed by atoms with E-state index in [0.717, 1.165) is 17.8 Å². The van der Waals surface area contributed by atoms with E-state index in [1.54, 1.807) is 6.07 Å². The maximum atomic E-state index is 12.2. The maximum absolute atomic E-state index is 12.2. The van der Waals surface area contributed by atoms with Crippen molar-refractivity contribution in [2.75, 3.05) is 6.54 Å². The molecule has 1 aliphatic rings. The molecule has 114 valence electrons. The fraction of sp³-hybridized carbons (Fsp3) is 0.500. The highest BCUT2D eigenvalue weighted by atomic mass is 32.2. The van der Waals surface area contributed by atoms with Crippen LogP contribution in [0.2, 0.25) is 0 Å². The number of sulfonamides is 1. The molecule has 0 atom stereocenters. The monoisotopic (exact) mass is 327 g/mol. The van der Waals surface area contributed by atoms with Crippen molar-refractivity contribution in [2.45, 2.75) is 36.1 Å². The van der Waals surface area contributed by atoms with Crippen LogP contribution in [-0.4, -0.2) is 36.2 Å². The normalized spacial score (nSPS) is 15.4. The third-order valence-electron chi connectivity index (χ3n) is 3.18. The maximum Gasteiger partial charge on any atom is 0.250 e. The molecule has 1 fully saturated rings. The smallest absolute Gasteiger partial charge is 0.250 e. The Kier molecular flexibility index (Phi) is 4.34. The quantitative estimate of drug-likeness (QED) is 0.661. The van der Waals surface area contributed by atoms with Gasteiger partial charge < -0.3 is 5.32 Å². The van der Waals surface area contributed by atoms with Gasteiger partial charge in [0.2, 0.25) is 10.0 Å². The molecule has 0 bridgehead atoms. The van der Waals surface area contributed by atoms with Crippen LogP contribution in [0.4, 0.5) is 0 Å². The Balaban J connectivity index is 1.55. The molecule has 3 N–H and O–H groups in total. The van der Waals surface area contributed by atoms with Gasteiger partial charge in [0.15, 0.2) is 0 Å². The summed E-state index contributed by atoms with van der Waals surface area (Å²) >= 11 is 1.31. The average molecular weight is 327 g/mol. The first-order valence-corrected chi connectivity index (χ1v) is 9.09. The van der Waals surface area contributed by atoms with Gasteiger partial charge in [-0.2, -0.15) is 5.10 Å². The van der Waals surface area contributed by atoms with Gasteiger partial charge in [0.05, 0.1) is 6.54 Å². The van der Waals surface area contributed by atoms with E-state index in [1.807, 2.05) is 6.07 Å². The lowest BCUT2D eigenvalue weighted by Crippen LogP contribution is -2.23. The Hall–Kier alpha value is -1.29. The van der Waals surface area contributed by atoms with E-state index in [2.05, 4.69) is 25.2 Å². The number of nitrogens with zero attached hydrogens (tertiary/aromatic N) is 2. The van der Waals surface area contributed by atoms with Gasteiger partial charge in [0.1, 0.15) is 16.4 Å². The lowest BCUT2D eigenvalue weighted by Gasteiger charge is -2.02. The number of rotatable bonds is 8. The minimum Gasteiger partial charge on any atom is -0.314 e. The molecule has 1 aliphatic carbocycles. The minimum absolute atomic E-state index is 0.110. The Labute approximate surface area is 127 Å².